The fraction of sp³-hybridized carbons (Fsp3) is 0.316. The molecule has 2 heterocycles. The number of imidazole rings is 1. The second-order valence-corrected chi connectivity index (χ2v) is 7.02. The summed E-state index contributed by atoms with van der Waals surface area (Å²) < 4.78 is 84.6. The van der Waals surface area contributed by atoms with E-state index in [0.717, 1.165) is 6.92 Å². The molecule has 1 aromatic carbocycles. The molecule has 2 aromatic heterocycles. The lowest BCUT2D eigenvalue weighted by molar-refractivity contribution is -0.163. The van der Waals surface area contributed by atoms with Gasteiger partial charge in [0.05, 0.1) is 0 Å². The predicted molar refractivity (Wildman–Crippen MR) is 99.5 cm³/mol. The molecule has 5 nitrogen and oxygen atoms in total. The van der Waals surface area contributed by atoms with Gasteiger partial charge in [0.15, 0.2) is 5.69 Å². The summed E-state index contributed by atoms with van der Waals surface area (Å²) in [5.41, 5.74) is -0.0569. The van der Waals surface area contributed by atoms with Gasteiger partial charge < -0.3 is 9.30 Å². The third kappa shape index (κ3) is 5.27. The third-order valence-electron chi connectivity index (χ3n) is 4.40. The molecule has 0 aliphatic carbocycles. The Morgan fingerprint density at radius 2 is 1.71 bits per heavy atom. The van der Waals surface area contributed by atoms with E-state index in [4.69, 9.17) is 16.3 Å². The molecule has 3 rings (SSSR count). The number of ether oxygens (including phenoxy) is 1. The third-order valence-corrected chi connectivity index (χ3v) is 4.58. The molecule has 166 valence electrons. The van der Waals surface area contributed by atoms with Crippen LogP contribution in [-0.2, 0) is 12.8 Å². The van der Waals surface area contributed by atoms with Crippen molar-refractivity contribution >= 4 is 11.6 Å². The van der Waals surface area contributed by atoms with Crippen molar-refractivity contribution < 1.29 is 31.1 Å². The number of alkyl halides is 6. The second kappa shape index (κ2) is 8.37. The van der Waals surface area contributed by atoms with E-state index < -0.39 is 29.9 Å². The van der Waals surface area contributed by atoms with Gasteiger partial charge in [-0.25, -0.2) is 9.97 Å². The van der Waals surface area contributed by atoms with E-state index in [0.29, 0.717) is 21.9 Å². The summed E-state index contributed by atoms with van der Waals surface area (Å²) in [5, 5.41) is 0.00189. The predicted octanol–water partition coefficient (Wildman–Crippen LogP) is 6.02. The minimum absolute atomic E-state index is 0.00189. The summed E-state index contributed by atoms with van der Waals surface area (Å²) in [6.07, 6.45) is -7.78. The van der Waals surface area contributed by atoms with Crippen molar-refractivity contribution in [1.82, 2.24) is 19.5 Å². The van der Waals surface area contributed by atoms with Crippen molar-refractivity contribution in [2.24, 2.45) is 0 Å². The van der Waals surface area contributed by atoms with Gasteiger partial charge >= 0.3 is 12.4 Å². The zero-order valence-electron chi connectivity index (χ0n) is 16.1. The van der Waals surface area contributed by atoms with Gasteiger partial charge in [0.1, 0.15) is 18.5 Å². The highest BCUT2D eigenvalue weighted by molar-refractivity contribution is 6.28. The molecule has 0 saturated carbocycles. The van der Waals surface area contributed by atoms with Crippen molar-refractivity contribution in [3.63, 3.8) is 0 Å². The van der Waals surface area contributed by atoms with Gasteiger partial charge in [0.2, 0.25) is 11.2 Å². The van der Waals surface area contributed by atoms with E-state index in [1.807, 2.05) is 0 Å². The molecule has 0 aliphatic heterocycles. The number of aryl methyl sites for hydroxylation is 1. The monoisotopic (exact) mass is 464 g/mol. The Kier molecular flexibility index (Phi) is 6.17. The van der Waals surface area contributed by atoms with Crippen LogP contribution in [0.25, 0.3) is 11.4 Å². The maximum Gasteiger partial charge on any atom is 0.434 e. The van der Waals surface area contributed by atoms with Crippen molar-refractivity contribution in [3.8, 4) is 17.3 Å². The van der Waals surface area contributed by atoms with Crippen LogP contribution in [0.4, 0.5) is 26.3 Å². The molecule has 0 spiro atoms. The summed E-state index contributed by atoms with van der Waals surface area (Å²) in [5.74, 6) is -0.184. The van der Waals surface area contributed by atoms with Gasteiger partial charge in [-0.3, -0.25) is 0 Å². The van der Waals surface area contributed by atoms with E-state index >= 15 is 0 Å². The molecule has 12 heteroatoms. The van der Waals surface area contributed by atoms with Gasteiger partial charge in [-0.05, 0) is 31.0 Å². The first kappa shape index (κ1) is 22.9. The highest BCUT2D eigenvalue weighted by Gasteiger charge is 2.41. The second-order valence-electron chi connectivity index (χ2n) is 6.69. The standard InChI is InChI=1S/C19H15ClF6N4O/c1-10-7-27-17(20)29-16(10)31-9-12-3-5-13(6-4-12)15-28-14(19(24,25)26)8-30(15)11(2)18(21,22)23/h3-8,11H,9H2,1-2H3. The minimum atomic E-state index is -4.88. The number of rotatable bonds is 5. The van der Waals surface area contributed by atoms with E-state index in [9.17, 15) is 26.3 Å². The van der Waals surface area contributed by atoms with E-state index in [1.54, 1.807) is 6.92 Å². The molecule has 0 aliphatic rings. The lowest BCUT2D eigenvalue weighted by atomic mass is 10.1. The summed E-state index contributed by atoms with van der Waals surface area (Å²) in [6.45, 7) is 2.53. The van der Waals surface area contributed by atoms with Crippen LogP contribution in [0.3, 0.4) is 0 Å². The minimum Gasteiger partial charge on any atom is -0.472 e. The maximum absolute atomic E-state index is 13.2. The topological polar surface area (TPSA) is 52.8 Å². The summed E-state index contributed by atoms with van der Waals surface area (Å²) in [7, 11) is 0. The Morgan fingerprint density at radius 1 is 1.06 bits per heavy atom. The van der Waals surface area contributed by atoms with Crippen LogP contribution >= 0.6 is 11.6 Å². The van der Waals surface area contributed by atoms with Gasteiger partial charge in [-0.1, -0.05) is 24.3 Å². The molecular weight excluding hydrogens is 450 g/mol. The Balaban J connectivity index is 1.87. The molecule has 1 unspecified atom stereocenters. The molecule has 0 amide bonds. The van der Waals surface area contributed by atoms with Crippen molar-refractivity contribution in [2.45, 2.75) is 38.8 Å². The van der Waals surface area contributed by atoms with Crippen LogP contribution < -0.4 is 4.74 Å². The van der Waals surface area contributed by atoms with Crippen molar-refractivity contribution in [2.75, 3.05) is 0 Å². The van der Waals surface area contributed by atoms with E-state index in [-0.39, 0.29) is 23.3 Å². The summed E-state index contributed by atoms with van der Waals surface area (Å²) in [6, 6.07) is 3.58. The molecule has 1 atom stereocenters. The number of hydrogen-bond acceptors (Lipinski definition) is 4. The van der Waals surface area contributed by atoms with Gasteiger partial charge in [0.25, 0.3) is 0 Å². The quantitative estimate of drug-likeness (QED) is 0.342. The Bertz CT molecular complexity index is 1060. The van der Waals surface area contributed by atoms with Crippen LogP contribution in [0, 0.1) is 6.92 Å². The van der Waals surface area contributed by atoms with Crippen LogP contribution in [0.1, 0.15) is 29.8 Å². The lowest BCUT2D eigenvalue weighted by Crippen LogP contribution is -2.24. The number of benzene rings is 1. The SMILES string of the molecule is Cc1cnc(Cl)nc1OCc1ccc(-c2nc(C(F)(F)F)cn2C(C)C(F)(F)F)cc1. The molecule has 0 saturated heterocycles. The molecule has 0 N–H and O–H groups in total. The van der Waals surface area contributed by atoms with E-state index in [1.165, 1.54) is 30.5 Å². The maximum atomic E-state index is 13.2. The summed E-state index contributed by atoms with van der Waals surface area (Å²) >= 11 is 5.72. The smallest absolute Gasteiger partial charge is 0.434 e. The first-order chi connectivity index (χ1) is 14.4. The molecule has 0 radical (unpaired) electrons. The number of halogens is 7. The largest absolute Gasteiger partial charge is 0.472 e. The fourth-order valence-electron chi connectivity index (χ4n) is 2.65. The normalized spacial score (nSPS) is 13.3. The average molecular weight is 465 g/mol. The molecule has 31 heavy (non-hydrogen) atoms. The first-order valence-electron chi connectivity index (χ1n) is 8.80. The van der Waals surface area contributed by atoms with Gasteiger partial charge in [-0.2, -0.15) is 31.3 Å². The Labute approximate surface area is 177 Å². The van der Waals surface area contributed by atoms with Crippen molar-refractivity contribution in [3.05, 3.63) is 58.8 Å². The van der Waals surface area contributed by atoms with Gasteiger partial charge in [-0.15, -0.1) is 0 Å². The zero-order chi connectivity index (χ0) is 23.0. The lowest BCUT2D eigenvalue weighted by Gasteiger charge is -2.19. The van der Waals surface area contributed by atoms with Crippen molar-refractivity contribution in [1.29, 1.82) is 0 Å². The molecule has 0 bridgehead atoms. The van der Waals surface area contributed by atoms with Gasteiger partial charge in [0, 0.05) is 23.5 Å². The Morgan fingerprint density at radius 3 is 2.29 bits per heavy atom. The molecule has 0 fully saturated rings. The zero-order valence-corrected chi connectivity index (χ0v) is 16.8. The molecular formula is C19H15ClF6N4O. The first-order valence-corrected chi connectivity index (χ1v) is 9.18. The number of aromatic nitrogens is 4. The Hall–Kier alpha value is -2.82. The highest BCUT2D eigenvalue weighted by atomic mass is 35.5. The summed E-state index contributed by atoms with van der Waals surface area (Å²) in [4.78, 5) is 11.1. The van der Waals surface area contributed by atoms with Crippen LogP contribution in [0.2, 0.25) is 5.28 Å². The van der Waals surface area contributed by atoms with E-state index in [2.05, 4.69) is 15.0 Å². The van der Waals surface area contributed by atoms with Crippen LogP contribution in [0.5, 0.6) is 5.88 Å². The highest BCUT2D eigenvalue weighted by Crippen LogP contribution is 2.37. The fourth-order valence-corrected chi connectivity index (χ4v) is 2.78. The van der Waals surface area contributed by atoms with Crippen LogP contribution in [0.15, 0.2) is 36.7 Å². The average Bonchev–Trinajstić information content (AvgIpc) is 3.13. The number of hydrogen-bond donors (Lipinski definition) is 0. The number of nitrogens with zero attached hydrogens (tertiary/aromatic N) is 4. The molecule has 3 aromatic rings. The van der Waals surface area contributed by atoms with Crippen LogP contribution in [-0.4, -0.2) is 25.7 Å².